The molecule has 4 rings (SSSR count). The first-order valence-corrected chi connectivity index (χ1v) is 15.2. The zero-order chi connectivity index (χ0) is 31.5. The number of rotatable bonds is 16. The molecule has 44 heavy (non-hydrogen) atoms. The van der Waals surface area contributed by atoms with E-state index in [4.69, 9.17) is 9.47 Å². The largest absolute Gasteiger partial charge is 0.445 e. The quantitative estimate of drug-likeness (QED) is 0.218. The third-order valence-corrected chi connectivity index (χ3v) is 8.20. The number of alkyl carbamates (subject to hydrolysis) is 1. The fourth-order valence-corrected chi connectivity index (χ4v) is 5.16. The minimum Gasteiger partial charge on any atom is -0.445 e. The molecule has 1 unspecified atom stereocenters. The van der Waals surface area contributed by atoms with Crippen LogP contribution in [-0.4, -0.2) is 47.9 Å². The fraction of sp³-hybridized carbons (Fsp3) is 0.389. The van der Waals surface area contributed by atoms with Crippen LogP contribution in [0.3, 0.4) is 0 Å². The molecule has 3 aromatic rings. The Kier molecular flexibility index (Phi) is 11.4. The fourth-order valence-electron chi connectivity index (χ4n) is 5.16. The van der Waals surface area contributed by atoms with Crippen molar-refractivity contribution in [3.8, 4) is 0 Å². The van der Waals surface area contributed by atoms with Crippen LogP contribution in [0, 0.1) is 11.8 Å². The minimum atomic E-state index is -0.927. The van der Waals surface area contributed by atoms with Gasteiger partial charge in [0.05, 0.1) is 18.7 Å². The molecule has 0 aromatic heterocycles. The molecule has 0 radical (unpaired) electrons. The minimum absolute atomic E-state index is 0.0760. The van der Waals surface area contributed by atoms with E-state index in [1.54, 1.807) is 6.92 Å². The summed E-state index contributed by atoms with van der Waals surface area (Å²) in [5, 5.41) is 5.72. The van der Waals surface area contributed by atoms with E-state index in [2.05, 4.69) is 10.6 Å². The highest BCUT2D eigenvalue weighted by Gasteiger charge is 2.50. The summed E-state index contributed by atoms with van der Waals surface area (Å²) in [6.45, 7) is 5.94. The molecular formula is C36H42N2O6. The molecule has 0 bridgehead atoms. The predicted molar refractivity (Wildman–Crippen MR) is 168 cm³/mol. The Morgan fingerprint density at radius 1 is 0.818 bits per heavy atom. The van der Waals surface area contributed by atoms with Gasteiger partial charge in [0.2, 0.25) is 5.91 Å². The summed E-state index contributed by atoms with van der Waals surface area (Å²) in [5.74, 6) is -1.81. The van der Waals surface area contributed by atoms with E-state index in [0.717, 1.165) is 16.7 Å². The van der Waals surface area contributed by atoms with Gasteiger partial charge < -0.3 is 20.1 Å². The van der Waals surface area contributed by atoms with E-state index >= 15 is 0 Å². The number of nitrogens with one attached hydrogen (secondary N) is 2. The van der Waals surface area contributed by atoms with E-state index in [1.165, 1.54) is 0 Å². The molecule has 0 aliphatic carbocycles. The van der Waals surface area contributed by atoms with Crippen molar-refractivity contribution >= 4 is 23.6 Å². The van der Waals surface area contributed by atoms with Gasteiger partial charge in [-0.2, -0.15) is 0 Å². The van der Waals surface area contributed by atoms with E-state index in [1.807, 2.05) is 105 Å². The number of ether oxygens (including phenoxy) is 2. The van der Waals surface area contributed by atoms with Gasteiger partial charge in [-0.1, -0.05) is 111 Å². The van der Waals surface area contributed by atoms with Gasteiger partial charge >= 0.3 is 6.09 Å². The molecule has 2 amide bonds. The zero-order valence-electron chi connectivity index (χ0n) is 25.7. The maximum absolute atomic E-state index is 13.9. The third-order valence-electron chi connectivity index (χ3n) is 8.20. The number of hydrogen-bond donors (Lipinski definition) is 2. The Labute approximate surface area is 259 Å². The molecule has 1 heterocycles. The van der Waals surface area contributed by atoms with Gasteiger partial charge in [0.15, 0.2) is 11.6 Å². The van der Waals surface area contributed by atoms with Crippen LogP contribution >= 0.6 is 0 Å². The third kappa shape index (κ3) is 9.35. The van der Waals surface area contributed by atoms with Crippen molar-refractivity contribution in [2.24, 2.45) is 11.8 Å². The monoisotopic (exact) mass is 598 g/mol. The van der Waals surface area contributed by atoms with Crippen molar-refractivity contribution < 1.29 is 28.7 Å². The van der Waals surface area contributed by atoms with E-state index < -0.39 is 35.6 Å². The molecule has 1 saturated heterocycles. The Balaban J connectivity index is 1.50. The summed E-state index contributed by atoms with van der Waals surface area (Å²) < 4.78 is 10.8. The second kappa shape index (κ2) is 15.4. The van der Waals surface area contributed by atoms with Crippen molar-refractivity contribution in [2.75, 3.05) is 6.61 Å². The first-order valence-electron chi connectivity index (χ1n) is 15.2. The highest BCUT2D eigenvalue weighted by molar-refractivity contribution is 5.98. The van der Waals surface area contributed by atoms with Crippen molar-refractivity contribution in [3.63, 3.8) is 0 Å². The van der Waals surface area contributed by atoms with Crippen LogP contribution in [0.1, 0.15) is 50.3 Å². The zero-order valence-corrected chi connectivity index (χ0v) is 25.7. The van der Waals surface area contributed by atoms with E-state index in [0.29, 0.717) is 25.9 Å². The summed E-state index contributed by atoms with van der Waals surface area (Å²) in [5.41, 5.74) is 1.70. The predicted octanol–water partition coefficient (Wildman–Crippen LogP) is 5.23. The lowest BCUT2D eigenvalue weighted by Crippen LogP contribution is -2.51. The molecule has 0 spiro atoms. The average Bonchev–Trinajstić information content (AvgIpc) is 3.80. The lowest BCUT2D eigenvalue weighted by Gasteiger charge is -2.26. The summed E-state index contributed by atoms with van der Waals surface area (Å²) in [6.07, 6.45) is 0.430. The summed E-state index contributed by atoms with van der Waals surface area (Å²) in [6, 6.07) is 26.6. The van der Waals surface area contributed by atoms with Crippen molar-refractivity contribution in [3.05, 3.63) is 108 Å². The number of amides is 2. The van der Waals surface area contributed by atoms with E-state index in [9.17, 15) is 19.2 Å². The van der Waals surface area contributed by atoms with Gasteiger partial charge in [-0.15, -0.1) is 0 Å². The van der Waals surface area contributed by atoms with Crippen LogP contribution in [-0.2, 0) is 43.3 Å². The number of epoxide rings is 1. The molecule has 232 valence electrons. The van der Waals surface area contributed by atoms with Crippen LogP contribution in [0.15, 0.2) is 91.0 Å². The van der Waals surface area contributed by atoms with Crippen molar-refractivity contribution in [1.82, 2.24) is 10.6 Å². The topological polar surface area (TPSA) is 114 Å². The average molecular weight is 599 g/mol. The molecule has 5 atom stereocenters. The Bertz CT molecular complexity index is 1390. The van der Waals surface area contributed by atoms with Gasteiger partial charge in [-0.05, 0) is 42.4 Å². The normalized spacial score (nSPS) is 18.2. The van der Waals surface area contributed by atoms with Crippen molar-refractivity contribution in [2.45, 2.75) is 70.7 Å². The lowest BCUT2D eigenvalue weighted by molar-refractivity contribution is -0.134. The van der Waals surface area contributed by atoms with Gasteiger partial charge in [0.1, 0.15) is 12.2 Å². The van der Waals surface area contributed by atoms with Gasteiger partial charge in [-0.25, -0.2) is 4.79 Å². The Hall–Kier alpha value is -4.30. The van der Waals surface area contributed by atoms with Gasteiger partial charge in [0, 0.05) is 12.3 Å². The van der Waals surface area contributed by atoms with Crippen LogP contribution in [0.4, 0.5) is 4.79 Å². The van der Waals surface area contributed by atoms with Gasteiger partial charge in [0.25, 0.3) is 0 Å². The molecule has 2 N–H and O–H groups in total. The summed E-state index contributed by atoms with van der Waals surface area (Å²) >= 11 is 0. The number of carbonyl (C=O) groups is 4. The molecular weight excluding hydrogens is 556 g/mol. The van der Waals surface area contributed by atoms with Crippen LogP contribution in [0.2, 0.25) is 0 Å². The highest BCUT2D eigenvalue weighted by atomic mass is 16.6. The Morgan fingerprint density at radius 2 is 1.34 bits per heavy atom. The number of Topliss-reactive ketones (excluding diaryl/α,β-unsaturated/α-hetero) is 2. The summed E-state index contributed by atoms with van der Waals surface area (Å²) in [7, 11) is 0. The van der Waals surface area contributed by atoms with Crippen LogP contribution in [0.25, 0.3) is 0 Å². The lowest BCUT2D eigenvalue weighted by atomic mass is 9.86. The Morgan fingerprint density at radius 3 is 1.86 bits per heavy atom. The standard InChI is InChI=1S/C36H42N2O6/c1-4-25(2)32(38-35(42)43-23-28-18-12-7-13-19-28)31(39)22-29(20-26-14-8-5-9-15-26)34(41)37-30(33(40)36(3)24-44-36)21-27-16-10-6-11-17-27/h5-19,25,29-30,32H,4,20-24H2,1-3H3,(H,37,41)(H,38,42)/t25-,29+,30-,32?,36+/m0/s1. The van der Waals surface area contributed by atoms with Gasteiger partial charge in [-0.3, -0.25) is 14.4 Å². The molecule has 8 nitrogen and oxygen atoms in total. The first kappa shape index (κ1) is 32.6. The highest BCUT2D eigenvalue weighted by Crippen LogP contribution is 2.29. The maximum Gasteiger partial charge on any atom is 0.408 e. The van der Waals surface area contributed by atoms with Crippen LogP contribution < -0.4 is 10.6 Å². The number of hydrogen-bond acceptors (Lipinski definition) is 6. The molecule has 1 aliphatic rings. The second-order valence-corrected chi connectivity index (χ2v) is 11.8. The number of carbonyl (C=O) groups excluding carboxylic acids is 4. The maximum atomic E-state index is 13.9. The second-order valence-electron chi connectivity index (χ2n) is 11.8. The van der Waals surface area contributed by atoms with Crippen LogP contribution in [0.5, 0.6) is 0 Å². The first-order chi connectivity index (χ1) is 21.2. The molecule has 1 fully saturated rings. The molecule has 8 heteroatoms. The smallest absolute Gasteiger partial charge is 0.408 e. The number of benzene rings is 3. The SMILES string of the molecule is CC[C@H](C)C(NC(=O)OCc1ccccc1)C(=O)C[C@@H](Cc1ccccc1)C(=O)N[C@@H](Cc1ccccc1)C(=O)[C@@]1(C)CO1. The van der Waals surface area contributed by atoms with Crippen molar-refractivity contribution in [1.29, 1.82) is 0 Å². The number of ketones is 2. The molecule has 0 saturated carbocycles. The van der Waals surface area contributed by atoms with E-state index in [-0.39, 0.29) is 30.5 Å². The molecule has 1 aliphatic heterocycles. The molecule has 3 aromatic carbocycles. The summed E-state index contributed by atoms with van der Waals surface area (Å²) in [4.78, 5) is 53.9.